The number of nitrogens with one attached hydrogen (secondary N) is 1. The third-order valence-corrected chi connectivity index (χ3v) is 2.85. The SMILES string of the molecule is Cc1cc(CSCC=N)cnc1CN. The van der Waals surface area contributed by atoms with Crippen molar-refractivity contribution in [2.75, 3.05) is 5.75 Å². The predicted molar refractivity (Wildman–Crippen MR) is 61.8 cm³/mol. The highest BCUT2D eigenvalue weighted by atomic mass is 32.2. The zero-order valence-corrected chi connectivity index (χ0v) is 9.10. The van der Waals surface area contributed by atoms with Crippen LogP contribution in [0.3, 0.4) is 0 Å². The van der Waals surface area contributed by atoms with E-state index >= 15 is 0 Å². The number of pyridine rings is 1. The molecule has 14 heavy (non-hydrogen) atoms. The number of hydrogen-bond donors (Lipinski definition) is 2. The van der Waals surface area contributed by atoms with Crippen molar-refractivity contribution in [3.8, 4) is 0 Å². The van der Waals surface area contributed by atoms with E-state index in [9.17, 15) is 0 Å². The zero-order chi connectivity index (χ0) is 10.4. The number of aromatic nitrogens is 1. The second-order valence-electron chi connectivity index (χ2n) is 3.03. The molecule has 0 saturated carbocycles. The molecule has 0 bridgehead atoms. The van der Waals surface area contributed by atoms with E-state index in [2.05, 4.69) is 11.1 Å². The summed E-state index contributed by atoms with van der Waals surface area (Å²) in [6.45, 7) is 2.53. The summed E-state index contributed by atoms with van der Waals surface area (Å²) in [6.07, 6.45) is 3.28. The lowest BCUT2D eigenvalue weighted by Crippen LogP contribution is -2.02. The van der Waals surface area contributed by atoms with Gasteiger partial charge in [-0.15, -0.1) is 0 Å². The van der Waals surface area contributed by atoms with Gasteiger partial charge in [-0.05, 0) is 18.1 Å². The van der Waals surface area contributed by atoms with Gasteiger partial charge in [-0.1, -0.05) is 6.07 Å². The molecule has 1 rings (SSSR count). The molecule has 0 atom stereocenters. The van der Waals surface area contributed by atoms with Crippen molar-refractivity contribution in [2.45, 2.75) is 19.2 Å². The van der Waals surface area contributed by atoms with Gasteiger partial charge in [-0.25, -0.2) is 0 Å². The molecule has 3 N–H and O–H groups in total. The molecule has 0 aliphatic rings. The minimum Gasteiger partial charge on any atom is -0.325 e. The zero-order valence-electron chi connectivity index (χ0n) is 8.29. The maximum Gasteiger partial charge on any atom is 0.0568 e. The van der Waals surface area contributed by atoms with E-state index < -0.39 is 0 Å². The lowest BCUT2D eigenvalue weighted by atomic mass is 10.2. The van der Waals surface area contributed by atoms with Crippen molar-refractivity contribution in [1.29, 1.82) is 5.41 Å². The summed E-state index contributed by atoms with van der Waals surface area (Å²) in [5.74, 6) is 1.67. The van der Waals surface area contributed by atoms with Crippen LogP contribution in [0, 0.1) is 12.3 Å². The van der Waals surface area contributed by atoms with Crippen LogP contribution in [0.5, 0.6) is 0 Å². The van der Waals surface area contributed by atoms with Crippen molar-refractivity contribution in [2.24, 2.45) is 5.73 Å². The summed E-state index contributed by atoms with van der Waals surface area (Å²) in [5, 5.41) is 6.90. The van der Waals surface area contributed by atoms with E-state index in [1.807, 2.05) is 13.1 Å². The van der Waals surface area contributed by atoms with Crippen molar-refractivity contribution in [3.05, 3.63) is 29.1 Å². The number of aryl methyl sites for hydroxylation is 1. The average Bonchev–Trinajstić information content (AvgIpc) is 2.18. The second-order valence-corrected chi connectivity index (χ2v) is 4.06. The fraction of sp³-hybridized carbons (Fsp3) is 0.400. The van der Waals surface area contributed by atoms with Crippen LogP contribution in [0.1, 0.15) is 16.8 Å². The Morgan fingerprint density at radius 2 is 2.43 bits per heavy atom. The highest BCUT2D eigenvalue weighted by Gasteiger charge is 1.99. The number of thioether (sulfide) groups is 1. The molecule has 0 spiro atoms. The molecule has 1 heterocycles. The molecule has 0 fully saturated rings. The Labute approximate surface area is 88.6 Å². The monoisotopic (exact) mass is 209 g/mol. The van der Waals surface area contributed by atoms with Gasteiger partial charge in [0.05, 0.1) is 5.69 Å². The predicted octanol–water partition coefficient (Wildman–Crippen LogP) is 1.73. The molecule has 0 amide bonds. The minimum absolute atomic E-state index is 0.500. The second kappa shape index (κ2) is 5.78. The molecular formula is C10H15N3S. The van der Waals surface area contributed by atoms with Crippen LogP contribution in [-0.2, 0) is 12.3 Å². The topological polar surface area (TPSA) is 62.8 Å². The summed E-state index contributed by atoms with van der Waals surface area (Å²) in [4.78, 5) is 4.28. The molecule has 1 aromatic heterocycles. The van der Waals surface area contributed by atoms with Crippen molar-refractivity contribution < 1.29 is 0 Å². The summed E-state index contributed by atoms with van der Waals surface area (Å²) >= 11 is 1.71. The Hall–Kier alpha value is -0.870. The maximum absolute atomic E-state index is 6.90. The molecule has 0 saturated heterocycles. The van der Waals surface area contributed by atoms with Crippen LogP contribution in [0.4, 0.5) is 0 Å². The molecule has 76 valence electrons. The van der Waals surface area contributed by atoms with Gasteiger partial charge < -0.3 is 11.1 Å². The van der Waals surface area contributed by atoms with Crippen molar-refractivity contribution >= 4 is 18.0 Å². The molecule has 3 nitrogen and oxygen atoms in total. The van der Waals surface area contributed by atoms with Gasteiger partial charge in [-0.3, -0.25) is 4.98 Å². The van der Waals surface area contributed by atoms with Gasteiger partial charge in [0.2, 0.25) is 0 Å². The van der Waals surface area contributed by atoms with Crippen LogP contribution in [-0.4, -0.2) is 17.0 Å². The van der Waals surface area contributed by atoms with Crippen molar-refractivity contribution in [1.82, 2.24) is 4.98 Å². The molecule has 1 aromatic rings. The Morgan fingerprint density at radius 1 is 1.64 bits per heavy atom. The number of nitrogens with zero attached hydrogens (tertiary/aromatic N) is 1. The normalized spacial score (nSPS) is 10.1. The Balaban J connectivity index is 2.61. The Morgan fingerprint density at radius 3 is 3.00 bits per heavy atom. The first kappa shape index (κ1) is 11.2. The van der Waals surface area contributed by atoms with Gasteiger partial charge >= 0.3 is 0 Å². The largest absolute Gasteiger partial charge is 0.325 e. The van der Waals surface area contributed by atoms with Crippen LogP contribution in [0.2, 0.25) is 0 Å². The van der Waals surface area contributed by atoms with E-state index in [0.29, 0.717) is 6.54 Å². The average molecular weight is 209 g/mol. The van der Waals surface area contributed by atoms with Gasteiger partial charge in [-0.2, -0.15) is 11.8 Å². The van der Waals surface area contributed by atoms with Crippen LogP contribution >= 0.6 is 11.8 Å². The van der Waals surface area contributed by atoms with Crippen LogP contribution in [0.25, 0.3) is 0 Å². The van der Waals surface area contributed by atoms with Crippen LogP contribution in [0.15, 0.2) is 12.3 Å². The lowest BCUT2D eigenvalue weighted by molar-refractivity contribution is 0.961. The van der Waals surface area contributed by atoms with E-state index in [1.165, 1.54) is 11.8 Å². The first-order chi connectivity index (χ1) is 6.77. The summed E-state index contributed by atoms with van der Waals surface area (Å²) < 4.78 is 0. The molecule has 4 heteroatoms. The highest BCUT2D eigenvalue weighted by molar-refractivity contribution is 7.99. The summed E-state index contributed by atoms with van der Waals surface area (Å²) in [7, 11) is 0. The smallest absolute Gasteiger partial charge is 0.0568 e. The van der Waals surface area contributed by atoms with Crippen molar-refractivity contribution in [3.63, 3.8) is 0 Å². The molecular weight excluding hydrogens is 194 g/mol. The summed E-state index contributed by atoms with van der Waals surface area (Å²) in [6, 6.07) is 2.12. The fourth-order valence-corrected chi connectivity index (χ4v) is 1.82. The van der Waals surface area contributed by atoms with Gasteiger partial charge in [0.15, 0.2) is 0 Å². The lowest BCUT2D eigenvalue weighted by Gasteiger charge is -2.04. The standard InChI is InChI=1S/C10H15N3S/c1-8-4-9(7-14-3-2-11)6-13-10(8)5-12/h2,4,6,11H,3,5,7,12H2,1H3. The maximum atomic E-state index is 6.90. The fourth-order valence-electron chi connectivity index (χ4n) is 1.19. The van der Waals surface area contributed by atoms with Crippen LogP contribution < -0.4 is 5.73 Å². The van der Waals surface area contributed by atoms with Gasteiger partial charge in [0.25, 0.3) is 0 Å². The third-order valence-electron chi connectivity index (χ3n) is 1.91. The first-order valence-corrected chi connectivity index (χ1v) is 5.64. The van der Waals surface area contributed by atoms with E-state index in [-0.39, 0.29) is 0 Å². The minimum atomic E-state index is 0.500. The van der Waals surface area contributed by atoms with E-state index in [4.69, 9.17) is 11.1 Å². The number of hydrogen-bond acceptors (Lipinski definition) is 4. The first-order valence-electron chi connectivity index (χ1n) is 4.49. The van der Waals surface area contributed by atoms with E-state index in [0.717, 1.165) is 22.8 Å². The third kappa shape index (κ3) is 3.12. The Bertz CT molecular complexity index is 312. The summed E-state index contributed by atoms with van der Waals surface area (Å²) in [5.41, 5.74) is 8.84. The molecule has 0 unspecified atom stereocenters. The van der Waals surface area contributed by atoms with E-state index in [1.54, 1.807) is 11.8 Å². The molecule has 0 aromatic carbocycles. The van der Waals surface area contributed by atoms with Gasteiger partial charge in [0.1, 0.15) is 0 Å². The molecule has 0 aliphatic heterocycles. The number of rotatable bonds is 5. The Kier molecular flexibility index (Phi) is 4.62. The number of nitrogens with two attached hydrogens (primary N) is 1. The quantitative estimate of drug-likeness (QED) is 0.573. The van der Waals surface area contributed by atoms with Gasteiger partial charge in [0, 0.05) is 30.5 Å². The highest BCUT2D eigenvalue weighted by Crippen LogP contribution is 2.13. The molecule has 0 radical (unpaired) electrons. The molecule has 0 aliphatic carbocycles.